The maximum atomic E-state index is 12.4. The number of nitrogens with two attached hydrogens (primary N) is 1. The summed E-state index contributed by atoms with van der Waals surface area (Å²) in [4.78, 5) is 18.3. The van der Waals surface area contributed by atoms with Gasteiger partial charge in [-0.15, -0.1) is 0 Å². The van der Waals surface area contributed by atoms with Crippen molar-refractivity contribution in [2.24, 2.45) is 5.84 Å². The summed E-state index contributed by atoms with van der Waals surface area (Å²) in [6.45, 7) is 0. The van der Waals surface area contributed by atoms with Gasteiger partial charge in [-0.1, -0.05) is 30.9 Å². The summed E-state index contributed by atoms with van der Waals surface area (Å²) in [7, 11) is 1.82. The van der Waals surface area contributed by atoms with Crippen LogP contribution in [0, 0.1) is 0 Å². The zero-order valence-corrected chi connectivity index (χ0v) is 11.8. The van der Waals surface area contributed by atoms with E-state index in [0.717, 1.165) is 12.8 Å². The first-order valence-corrected chi connectivity index (χ1v) is 6.91. The minimum absolute atomic E-state index is 0.144. The Bertz CT molecular complexity index is 460. The summed E-state index contributed by atoms with van der Waals surface area (Å²) in [6, 6.07) is 3.56. The van der Waals surface area contributed by atoms with Crippen LogP contribution in [0.5, 0.6) is 0 Å². The lowest BCUT2D eigenvalue weighted by Crippen LogP contribution is -2.38. The van der Waals surface area contributed by atoms with E-state index >= 15 is 0 Å². The molecule has 0 aromatic carbocycles. The molecule has 1 fully saturated rings. The van der Waals surface area contributed by atoms with Crippen LogP contribution in [-0.4, -0.2) is 28.9 Å². The van der Waals surface area contributed by atoms with Crippen LogP contribution in [0.2, 0.25) is 5.02 Å². The third-order valence-corrected chi connectivity index (χ3v) is 3.94. The summed E-state index contributed by atoms with van der Waals surface area (Å²) in [6.07, 6.45) is 5.70. The average Bonchev–Trinajstić information content (AvgIpc) is 2.47. The third kappa shape index (κ3) is 3.16. The number of nitrogen functional groups attached to an aromatic ring is 1. The molecule has 6 heteroatoms. The molecule has 1 aliphatic carbocycles. The van der Waals surface area contributed by atoms with Crippen LogP contribution in [0.3, 0.4) is 0 Å². The van der Waals surface area contributed by atoms with Gasteiger partial charge in [-0.25, -0.2) is 10.8 Å². The van der Waals surface area contributed by atoms with Crippen molar-refractivity contribution < 1.29 is 4.79 Å². The van der Waals surface area contributed by atoms with E-state index in [1.165, 1.54) is 19.3 Å². The standard InChI is InChI=1S/C13H19ClN4O/c1-18(9-5-3-2-4-6-9)13(19)12-10(14)7-8-11(16-12)17-15/h7-9H,2-6,15H2,1H3,(H,16,17). The largest absolute Gasteiger partial charge is 0.337 e. The van der Waals surface area contributed by atoms with Gasteiger partial charge in [0.25, 0.3) is 5.91 Å². The van der Waals surface area contributed by atoms with Crippen LogP contribution in [0.4, 0.5) is 5.82 Å². The molecule has 104 valence electrons. The highest BCUT2D eigenvalue weighted by Crippen LogP contribution is 2.24. The Morgan fingerprint density at radius 3 is 2.74 bits per heavy atom. The van der Waals surface area contributed by atoms with Crippen molar-refractivity contribution >= 4 is 23.3 Å². The molecule has 0 saturated heterocycles. The molecule has 1 heterocycles. The number of carbonyl (C=O) groups excluding carboxylic acids is 1. The number of hydrogen-bond donors (Lipinski definition) is 2. The minimum atomic E-state index is -0.144. The Morgan fingerprint density at radius 1 is 1.42 bits per heavy atom. The van der Waals surface area contributed by atoms with Crippen molar-refractivity contribution in [2.75, 3.05) is 12.5 Å². The number of nitrogens with one attached hydrogen (secondary N) is 1. The molecule has 2 rings (SSSR count). The quantitative estimate of drug-likeness (QED) is 0.660. The SMILES string of the molecule is CN(C(=O)c1nc(NN)ccc1Cl)C1CCCCC1. The van der Waals surface area contributed by atoms with Crippen molar-refractivity contribution in [1.82, 2.24) is 9.88 Å². The third-order valence-electron chi connectivity index (χ3n) is 3.64. The van der Waals surface area contributed by atoms with Gasteiger partial charge in [-0.3, -0.25) is 4.79 Å². The summed E-state index contributed by atoms with van der Waals surface area (Å²) < 4.78 is 0. The van der Waals surface area contributed by atoms with Crippen LogP contribution < -0.4 is 11.3 Å². The first kappa shape index (κ1) is 14.1. The predicted octanol–water partition coefficient (Wildman–Crippen LogP) is 2.43. The number of hydrazine groups is 1. The Hall–Kier alpha value is -1.33. The van der Waals surface area contributed by atoms with E-state index in [2.05, 4.69) is 10.4 Å². The number of pyridine rings is 1. The van der Waals surface area contributed by atoms with E-state index in [1.807, 2.05) is 7.05 Å². The molecule has 0 aliphatic heterocycles. The monoisotopic (exact) mass is 282 g/mol. The Labute approximate surface area is 118 Å². The predicted molar refractivity (Wildman–Crippen MR) is 76.0 cm³/mol. The Kier molecular flexibility index (Phi) is 4.61. The number of nitrogens with zero attached hydrogens (tertiary/aromatic N) is 2. The second-order valence-electron chi connectivity index (χ2n) is 4.88. The number of aromatic nitrogens is 1. The second kappa shape index (κ2) is 6.21. The van der Waals surface area contributed by atoms with Gasteiger partial charge in [0.2, 0.25) is 0 Å². The molecule has 0 radical (unpaired) electrons. The van der Waals surface area contributed by atoms with Gasteiger partial charge in [0, 0.05) is 13.1 Å². The van der Waals surface area contributed by atoms with Crippen LogP contribution in [-0.2, 0) is 0 Å². The Morgan fingerprint density at radius 2 is 2.11 bits per heavy atom. The lowest BCUT2D eigenvalue weighted by molar-refractivity contribution is 0.0690. The van der Waals surface area contributed by atoms with E-state index in [1.54, 1.807) is 17.0 Å². The normalized spacial score (nSPS) is 16.2. The fourth-order valence-corrected chi connectivity index (χ4v) is 2.66. The molecule has 1 aromatic heterocycles. The number of anilines is 1. The minimum Gasteiger partial charge on any atom is -0.337 e. The Balaban J connectivity index is 2.18. The molecule has 19 heavy (non-hydrogen) atoms. The van der Waals surface area contributed by atoms with Gasteiger partial charge in [0.05, 0.1) is 5.02 Å². The molecule has 1 aromatic rings. The molecule has 1 aliphatic rings. The lowest BCUT2D eigenvalue weighted by atomic mass is 9.94. The van der Waals surface area contributed by atoms with Crippen molar-refractivity contribution in [2.45, 2.75) is 38.1 Å². The molecule has 3 N–H and O–H groups in total. The van der Waals surface area contributed by atoms with Gasteiger partial charge in [-0.2, -0.15) is 0 Å². The molecular weight excluding hydrogens is 264 g/mol. The van der Waals surface area contributed by atoms with Gasteiger partial charge in [0.1, 0.15) is 11.5 Å². The molecule has 0 spiro atoms. The fourth-order valence-electron chi connectivity index (χ4n) is 2.47. The fraction of sp³-hybridized carbons (Fsp3) is 0.538. The van der Waals surface area contributed by atoms with Crippen LogP contribution in [0.1, 0.15) is 42.6 Å². The van der Waals surface area contributed by atoms with Crippen molar-refractivity contribution in [3.05, 3.63) is 22.8 Å². The zero-order chi connectivity index (χ0) is 13.8. The molecule has 0 bridgehead atoms. The van der Waals surface area contributed by atoms with Crippen molar-refractivity contribution in [3.8, 4) is 0 Å². The summed E-state index contributed by atoms with van der Waals surface area (Å²) in [5.74, 6) is 5.60. The van der Waals surface area contributed by atoms with E-state index < -0.39 is 0 Å². The zero-order valence-electron chi connectivity index (χ0n) is 11.0. The highest BCUT2D eigenvalue weighted by molar-refractivity contribution is 6.33. The number of amides is 1. The lowest BCUT2D eigenvalue weighted by Gasteiger charge is -2.31. The van der Waals surface area contributed by atoms with Gasteiger partial charge < -0.3 is 10.3 Å². The molecule has 1 amide bonds. The second-order valence-corrected chi connectivity index (χ2v) is 5.29. The molecular formula is C13H19ClN4O. The maximum absolute atomic E-state index is 12.4. The van der Waals surface area contributed by atoms with Gasteiger partial charge >= 0.3 is 0 Å². The van der Waals surface area contributed by atoms with Crippen molar-refractivity contribution in [1.29, 1.82) is 0 Å². The summed E-state index contributed by atoms with van der Waals surface area (Å²) in [5.41, 5.74) is 2.68. The topological polar surface area (TPSA) is 71.2 Å². The molecule has 5 nitrogen and oxygen atoms in total. The number of hydrogen-bond acceptors (Lipinski definition) is 4. The smallest absolute Gasteiger partial charge is 0.274 e. The van der Waals surface area contributed by atoms with Crippen LogP contribution in [0.15, 0.2) is 12.1 Å². The number of rotatable bonds is 3. The summed E-state index contributed by atoms with van der Waals surface area (Å²) >= 11 is 6.05. The summed E-state index contributed by atoms with van der Waals surface area (Å²) in [5, 5.41) is 0.353. The highest BCUT2D eigenvalue weighted by Gasteiger charge is 2.25. The molecule has 0 unspecified atom stereocenters. The van der Waals surface area contributed by atoms with Crippen molar-refractivity contribution in [3.63, 3.8) is 0 Å². The molecule has 0 atom stereocenters. The average molecular weight is 283 g/mol. The number of carbonyl (C=O) groups is 1. The van der Waals surface area contributed by atoms with Gasteiger partial charge in [-0.05, 0) is 25.0 Å². The first-order valence-electron chi connectivity index (χ1n) is 6.54. The van der Waals surface area contributed by atoms with Crippen LogP contribution in [0.25, 0.3) is 0 Å². The first-order chi connectivity index (χ1) is 9.13. The van der Waals surface area contributed by atoms with E-state index in [9.17, 15) is 4.79 Å². The van der Waals surface area contributed by atoms with E-state index in [-0.39, 0.29) is 17.6 Å². The van der Waals surface area contributed by atoms with E-state index in [0.29, 0.717) is 10.8 Å². The number of halogens is 1. The molecule has 1 saturated carbocycles. The van der Waals surface area contributed by atoms with E-state index in [4.69, 9.17) is 17.4 Å². The van der Waals surface area contributed by atoms with Gasteiger partial charge in [0.15, 0.2) is 0 Å². The highest BCUT2D eigenvalue weighted by atomic mass is 35.5. The van der Waals surface area contributed by atoms with Crippen LogP contribution >= 0.6 is 11.6 Å². The maximum Gasteiger partial charge on any atom is 0.274 e.